The molecule has 3 rings (SSSR count). The van der Waals surface area contributed by atoms with Gasteiger partial charge in [-0.2, -0.15) is 5.10 Å². The van der Waals surface area contributed by atoms with Crippen molar-refractivity contribution < 1.29 is 14.3 Å². The van der Waals surface area contributed by atoms with Gasteiger partial charge >= 0.3 is 5.97 Å². The highest BCUT2D eigenvalue weighted by Gasteiger charge is 2.11. The standard InChI is InChI=1S/C20H18N2O3S/c1-15(23)14-25-19(24)10-9-17-13-22(12-16-6-3-2-4-7-16)21-20(17)18-8-5-11-26-18/h2-11,13H,12,14H2,1H3/b10-9+. The summed E-state index contributed by atoms with van der Waals surface area (Å²) in [6, 6.07) is 14.0. The van der Waals surface area contributed by atoms with Gasteiger partial charge in [0.05, 0.1) is 11.4 Å². The molecule has 132 valence electrons. The lowest BCUT2D eigenvalue weighted by molar-refractivity contribution is -0.142. The van der Waals surface area contributed by atoms with Crippen LogP contribution < -0.4 is 0 Å². The van der Waals surface area contributed by atoms with E-state index in [1.54, 1.807) is 17.4 Å². The Bertz CT molecular complexity index is 912. The number of Topliss-reactive ketones (excluding diaryl/α,β-unsaturated/α-hetero) is 1. The molecule has 0 fully saturated rings. The van der Waals surface area contributed by atoms with Crippen LogP contribution in [0, 0.1) is 0 Å². The van der Waals surface area contributed by atoms with Crippen molar-refractivity contribution in [3.63, 3.8) is 0 Å². The Morgan fingerprint density at radius 2 is 2.00 bits per heavy atom. The molecule has 0 saturated heterocycles. The fourth-order valence-electron chi connectivity index (χ4n) is 2.39. The summed E-state index contributed by atoms with van der Waals surface area (Å²) >= 11 is 1.59. The molecule has 0 aliphatic heterocycles. The molecule has 1 aromatic carbocycles. The number of nitrogens with zero attached hydrogens (tertiary/aromatic N) is 2. The summed E-state index contributed by atoms with van der Waals surface area (Å²) < 4.78 is 6.71. The van der Waals surface area contributed by atoms with Crippen LogP contribution in [-0.4, -0.2) is 28.1 Å². The third kappa shape index (κ3) is 4.77. The molecule has 0 atom stereocenters. The molecule has 6 heteroatoms. The molecule has 0 saturated carbocycles. The molecule has 0 unspecified atom stereocenters. The monoisotopic (exact) mass is 366 g/mol. The highest BCUT2D eigenvalue weighted by Crippen LogP contribution is 2.27. The second-order valence-corrected chi connectivity index (χ2v) is 6.68. The number of carbonyl (C=O) groups excluding carboxylic acids is 2. The van der Waals surface area contributed by atoms with Crippen molar-refractivity contribution in [1.29, 1.82) is 0 Å². The van der Waals surface area contributed by atoms with E-state index < -0.39 is 5.97 Å². The smallest absolute Gasteiger partial charge is 0.331 e. The van der Waals surface area contributed by atoms with Crippen LogP contribution in [0.4, 0.5) is 0 Å². The SMILES string of the molecule is CC(=O)COC(=O)/C=C/c1cn(Cc2ccccc2)nc1-c1cccs1. The van der Waals surface area contributed by atoms with Crippen molar-refractivity contribution in [1.82, 2.24) is 9.78 Å². The summed E-state index contributed by atoms with van der Waals surface area (Å²) in [5, 5.41) is 6.66. The molecule has 0 spiro atoms. The summed E-state index contributed by atoms with van der Waals surface area (Å²) in [7, 11) is 0. The van der Waals surface area contributed by atoms with Crippen LogP contribution >= 0.6 is 11.3 Å². The number of hydrogen-bond donors (Lipinski definition) is 0. The Morgan fingerprint density at radius 1 is 1.19 bits per heavy atom. The van der Waals surface area contributed by atoms with Gasteiger partial charge in [0.25, 0.3) is 0 Å². The van der Waals surface area contributed by atoms with Crippen LogP contribution in [0.15, 0.2) is 60.1 Å². The minimum absolute atomic E-state index is 0.193. The van der Waals surface area contributed by atoms with Crippen LogP contribution in [0.2, 0.25) is 0 Å². The molecule has 2 aromatic heterocycles. The van der Waals surface area contributed by atoms with E-state index in [-0.39, 0.29) is 12.4 Å². The van der Waals surface area contributed by atoms with E-state index >= 15 is 0 Å². The molecule has 0 aliphatic rings. The van der Waals surface area contributed by atoms with E-state index in [1.807, 2.05) is 58.7 Å². The summed E-state index contributed by atoms with van der Waals surface area (Å²) in [5.74, 6) is -0.741. The summed E-state index contributed by atoms with van der Waals surface area (Å²) in [4.78, 5) is 23.6. The Kier molecular flexibility index (Phi) is 5.76. The molecule has 0 bridgehead atoms. The zero-order valence-corrected chi connectivity index (χ0v) is 15.1. The van der Waals surface area contributed by atoms with E-state index in [0.29, 0.717) is 6.54 Å². The van der Waals surface area contributed by atoms with E-state index in [0.717, 1.165) is 21.7 Å². The van der Waals surface area contributed by atoms with Gasteiger partial charge in [0.15, 0.2) is 5.78 Å². The van der Waals surface area contributed by atoms with E-state index in [4.69, 9.17) is 4.74 Å². The van der Waals surface area contributed by atoms with Crippen molar-refractivity contribution in [2.75, 3.05) is 6.61 Å². The van der Waals surface area contributed by atoms with Crippen molar-refractivity contribution in [3.8, 4) is 10.6 Å². The normalized spacial score (nSPS) is 11.0. The molecule has 26 heavy (non-hydrogen) atoms. The predicted molar refractivity (Wildman–Crippen MR) is 102 cm³/mol. The highest BCUT2D eigenvalue weighted by atomic mass is 32.1. The molecule has 0 radical (unpaired) electrons. The van der Waals surface area contributed by atoms with Crippen molar-refractivity contribution >= 4 is 29.2 Å². The minimum Gasteiger partial charge on any atom is -0.455 e. The molecular weight excluding hydrogens is 348 g/mol. The topological polar surface area (TPSA) is 61.2 Å². The number of aromatic nitrogens is 2. The van der Waals surface area contributed by atoms with Crippen LogP contribution in [-0.2, 0) is 20.9 Å². The first-order valence-electron chi connectivity index (χ1n) is 8.11. The number of ketones is 1. The maximum atomic E-state index is 11.7. The zero-order chi connectivity index (χ0) is 18.4. The zero-order valence-electron chi connectivity index (χ0n) is 14.3. The Balaban J connectivity index is 1.83. The largest absolute Gasteiger partial charge is 0.455 e. The summed E-state index contributed by atoms with van der Waals surface area (Å²) in [6.07, 6.45) is 4.90. The lowest BCUT2D eigenvalue weighted by Crippen LogP contribution is -2.08. The minimum atomic E-state index is -0.548. The third-order valence-corrected chi connectivity index (χ3v) is 4.43. The average Bonchev–Trinajstić information content (AvgIpc) is 3.28. The fourth-order valence-corrected chi connectivity index (χ4v) is 3.12. The number of esters is 1. The molecular formula is C20H18N2O3S. The maximum absolute atomic E-state index is 11.7. The number of ether oxygens (including phenoxy) is 1. The molecule has 0 aliphatic carbocycles. The van der Waals surface area contributed by atoms with Gasteiger partial charge in [-0.1, -0.05) is 36.4 Å². The van der Waals surface area contributed by atoms with E-state index in [2.05, 4.69) is 5.10 Å². The van der Waals surface area contributed by atoms with Gasteiger partial charge < -0.3 is 4.74 Å². The number of benzene rings is 1. The first kappa shape index (κ1) is 17.8. The fraction of sp³-hybridized carbons (Fsp3) is 0.150. The van der Waals surface area contributed by atoms with Crippen LogP contribution in [0.3, 0.4) is 0 Å². The van der Waals surface area contributed by atoms with Gasteiger partial charge in [-0.3, -0.25) is 9.48 Å². The number of carbonyl (C=O) groups is 2. The van der Waals surface area contributed by atoms with Crippen molar-refractivity contribution in [2.24, 2.45) is 0 Å². The van der Waals surface area contributed by atoms with E-state index in [1.165, 1.54) is 13.0 Å². The lowest BCUT2D eigenvalue weighted by atomic mass is 10.2. The summed E-state index contributed by atoms with van der Waals surface area (Å²) in [6.45, 7) is 1.80. The van der Waals surface area contributed by atoms with Gasteiger partial charge in [0.1, 0.15) is 12.3 Å². The molecule has 2 heterocycles. The third-order valence-electron chi connectivity index (χ3n) is 3.55. The van der Waals surface area contributed by atoms with Gasteiger partial charge in [0.2, 0.25) is 0 Å². The van der Waals surface area contributed by atoms with E-state index in [9.17, 15) is 9.59 Å². The van der Waals surface area contributed by atoms with Crippen LogP contribution in [0.25, 0.3) is 16.6 Å². The van der Waals surface area contributed by atoms with Gasteiger partial charge in [-0.05, 0) is 30.0 Å². The Morgan fingerprint density at radius 3 is 2.69 bits per heavy atom. The average molecular weight is 366 g/mol. The first-order chi connectivity index (χ1) is 12.6. The van der Waals surface area contributed by atoms with Gasteiger partial charge in [0, 0.05) is 17.8 Å². The number of thiophene rings is 1. The van der Waals surface area contributed by atoms with Crippen molar-refractivity contribution in [3.05, 3.63) is 71.2 Å². The van der Waals surface area contributed by atoms with Crippen LogP contribution in [0.1, 0.15) is 18.1 Å². The maximum Gasteiger partial charge on any atom is 0.331 e. The van der Waals surface area contributed by atoms with Gasteiger partial charge in [-0.25, -0.2) is 4.79 Å². The number of rotatable bonds is 7. The highest BCUT2D eigenvalue weighted by molar-refractivity contribution is 7.13. The quantitative estimate of drug-likeness (QED) is 0.471. The van der Waals surface area contributed by atoms with Crippen LogP contribution in [0.5, 0.6) is 0 Å². The lowest BCUT2D eigenvalue weighted by Gasteiger charge is -2.00. The molecule has 3 aromatic rings. The number of hydrogen-bond acceptors (Lipinski definition) is 5. The first-order valence-corrected chi connectivity index (χ1v) is 8.99. The second kappa shape index (κ2) is 8.40. The molecule has 0 N–H and O–H groups in total. The Labute approximate surface area is 155 Å². The molecule has 0 amide bonds. The molecule has 5 nitrogen and oxygen atoms in total. The Hall–Kier alpha value is -2.99. The van der Waals surface area contributed by atoms with Crippen molar-refractivity contribution in [2.45, 2.75) is 13.5 Å². The predicted octanol–water partition coefficient (Wildman–Crippen LogP) is 3.81. The van der Waals surface area contributed by atoms with Gasteiger partial charge in [-0.15, -0.1) is 11.3 Å². The summed E-state index contributed by atoms with van der Waals surface area (Å²) in [5.41, 5.74) is 2.78. The second-order valence-electron chi connectivity index (χ2n) is 5.74.